The van der Waals surface area contributed by atoms with E-state index in [-0.39, 0.29) is 41.5 Å². The van der Waals surface area contributed by atoms with Crippen molar-refractivity contribution in [2.24, 2.45) is 0 Å². The molecular weight excluding hydrogens is 376 g/mol. The Morgan fingerprint density at radius 3 is 2.68 bits per heavy atom. The lowest BCUT2D eigenvalue weighted by Gasteiger charge is -2.36. The van der Waals surface area contributed by atoms with Gasteiger partial charge in [0.05, 0.1) is 11.8 Å². The first kappa shape index (κ1) is 18.8. The van der Waals surface area contributed by atoms with Crippen LogP contribution in [-0.2, 0) is 9.59 Å². The molecule has 2 unspecified atom stereocenters. The molecule has 6 nitrogen and oxygen atoms in total. The molecule has 2 aromatic rings. The van der Waals surface area contributed by atoms with Gasteiger partial charge in [0.25, 0.3) is 11.1 Å². The summed E-state index contributed by atoms with van der Waals surface area (Å²) in [6, 6.07) is 13.2. The number of hydrogen-bond donors (Lipinski definition) is 1. The van der Waals surface area contributed by atoms with E-state index in [1.54, 1.807) is 0 Å². The van der Waals surface area contributed by atoms with Crippen LogP contribution < -0.4 is 10.1 Å². The minimum absolute atomic E-state index is 0.0990. The van der Waals surface area contributed by atoms with E-state index in [9.17, 15) is 14.4 Å². The van der Waals surface area contributed by atoms with Crippen molar-refractivity contribution in [3.8, 4) is 5.75 Å². The van der Waals surface area contributed by atoms with E-state index < -0.39 is 0 Å². The Hall–Kier alpha value is -2.54. The summed E-state index contributed by atoms with van der Waals surface area (Å²) in [6.45, 7) is -0.0990. The van der Waals surface area contributed by atoms with Gasteiger partial charge in [0, 0.05) is 6.04 Å². The molecule has 146 valence electrons. The Kier molecular flexibility index (Phi) is 5.52. The van der Waals surface area contributed by atoms with Gasteiger partial charge in [0.2, 0.25) is 5.91 Å². The molecule has 2 fully saturated rings. The molecule has 28 heavy (non-hydrogen) atoms. The Labute approximate surface area is 167 Å². The maximum absolute atomic E-state index is 12.4. The van der Waals surface area contributed by atoms with E-state index in [2.05, 4.69) is 5.32 Å². The first-order valence-electron chi connectivity index (χ1n) is 9.51. The molecule has 7 heteroatoms. The minimum atomic E-state index is -0.256. The first-order valence-corrected chi connectivity index (χ1v) is 10.5. The van der Waals surface area contributed by atoms with E-state index in [0.717, 1.165) is 48.2 Å². The second-order valence-electron chi connectivity index (χ2n) is 7.14. The molecule has 2 atom stereocenters. The smallest absolute Gasteiger partial charge is 0.289 e. The zero-order valence-corrected chi connectivity index (χ0v) is 16.2. The molecule has 1 saturated carbocycles. The van der Waals surface area contributed by atoms with E-state index in [1.807, 2.05) is 42.5 Å². The van der Waals surface area contributed by atoms with Gasteiger partial charge in [-0.15, -0.1) is 0 Å². The van der Waals surface area contributed by atoms with Crippen LogP contribution in [0.15, 0.2) is 42.5 Å². The number of rotatable bonds is 5. The summed E-state index contributed by atoms with van der Waals surface area (Å²) >= 11 is 1.04. The third-order valence-corrected chi connectivity index (χ3v) is 6.12. The quantitative estimate of drug-likeness (QED) is 0.836. The van der Waals surface area contributed by atoms with Gasteiger partial charge >= 0.3 is 0 Å². The fraction of sp³-hybridized carbons (Fsp3) is 0.381. The third kappa shape index (κ3) is 3.99. The van der Waals surface area contributed by atoms with Crippen LogP contribution in [0.25, 0.3) is 10.8 Å². The third-order valence-electron chi connectivity index (χ3n) is 5.28. The van der Waals surface area contributed by atoms with E-state index in [1.165, 1.54) is 4.90 Å². The lowest BCUT2D eigenvalue weighted by molar-refractivity contribution is -0.129. The number of carbonyl (C=O) groups is 3. The molecular formula is C21H22N2O4S. The van der Waals surface area contributed by atoms with Crippen LogP contribution in [0.4, 0.5) is 4.79 Å². The molecule has 2 aliphatic rings. The highest BCUT2D eigenvalue weighted by atomic mass is 32.2. The largest absolute Gasteiger partial charge is 0.484 e. The van der Waals surface area contributed by atoms with E-state index >= 15 is 0 Å². The van der Waals surface area contributed by atoms with Crippen molar-refractivity contribution in [3.63, 3.8) is 0 Å². The second kappa shape index (κ2) is 8.22. The molecule has 0 radical (unpaired) electrons. The zero-order chi connectivity index (χ0) is 19.5. The number of imide groups is 1. The number of nitrogens with one attached hydrogen (secondary N) is 1. The van der Waals surface area contributed by atoms with Crippen molar-refractivity contribution in [2.75, 3.05) is 12.4 Å². The van der Waals surface area contributed by atoms with Crippen LogP contribution in [0.2, 0.25) is 0 Å². The van der Waals surface area contributed by atoms with Gasteiger partial charge < -0.3 is 10.1 Å². The number of nitrogens with zero attached hydrogens (tertiary/aromatic N) is 1. The van der Waals surface area contributed by atoms with Crippen molar-refractivity contribution >= 4 is 39.6 Å². The normalized spacial score (nSPS) is 22.5. The standard InChI is InChI=1S/C21H22N2O4S/c24-19(12-27-16-10-9-14-5-1-2-6-15(14)11-16)22-17-7-3-4-8-18(17)23-20(25)13-28-21(23)26/h1-2,5-6,9-11,17-18H,3-4,7-8,12-13H2,(H,22,24). The number of ether oxygens (including phenoxy) is 1. The Morgan fingerprint density at radius 2 is 1.89 bits per heavy atom. The number of hydrogen-bond acceptors (Lipinski definition) is 5. The lowest BCUT2D eigenvalue weighted by atomic mass is 9.89. The highest BCUT2D eigenvalue weighted by Crippen LogP contribution is 2.30. The van der Waals surface area contributed by atoms with Gasteiger partial charge in [-0.2, -0.15) is 0 Å². The maximum atomic E-state index is 12.4. The summed E-state index contributed by atoms with van der Waals surface area (Å²) in [5, 5.41) is 4.94. The number of fused-ring (bicyclic) bond motifs is 1. The maximum Gasteiger partial charge on any atom is 0.289 e. The van der Waals surface area contributed by atoms with Crippen LogP contribution >= 0.6 is 11.8 Å². The first-order chi connectivity index (χ1) is 13.6. The number of amides is 3. The molecule has 1 N–H and O–H groups in total. The van der Waals surface area contributed by atoms with Crippen LogP contribution in [0.3, 0.4) is 0 Å². The predicted molar refractivity (Wildman–Crippen MR) is 108 cm³/mol. The fourth-order valence-electron chi connectivity index (χ4n) is 3.93. The monoisotopic (exact) mass is 398 g/mol. The van der Waals surface area contributed by atoms with Crippen LogP contribution in [-0.4, -0.2) is 46.4 Å². The van der Waals surface area contributed by atoms with Crippen LogP contribution in [0.1, 0.15) is 25.7 Å². The van der Waals surface area contributed by atoms with Crippen molar-refractivity contribution in [1.29, 1.82) is 0 Å². The molecule has 1 aliphatic carbocycles. The highest BCUT2D eigenvalue weighted by molar-refractivity contribution is 8.14. The molecule has 1 heterocycles. The van der Waals surface area contributed by atoms with Gasteiger partial charge in [0.15, 0.2) is 6.61 Å². The summed E-state index contributed by atoms with van der Waals surface area (Å²) in [7, 11) is 0. The molecule has 0 spiro atoms. The van der Waals surface area contributed by atoms with Gasteiger partial charge in [-0.05, 0) is 35.7 Å². The Balaban J connectivity index is 1.37. The fourth-order valence-corrected chi connectivity index (χ4v) is 4.69. The second-order valence-corrected chi connectivity index (χ2v) is 8.07. The van der Waals surface area contributed by atoms with Crippen molar-refractivity contribution < 1.29 is 19.1 Å². The minimum Gasteiger partial charge on any atom is -0.484 e. The number of benzene rings is 2. The Morgan fingerprint density at radius 1 is 1.11 bits per heavy atom. The Bertz CT molecular complexity index is 900. The summed E-state index contributed by atoms with van der Waals surface area (Å²) in [6.07, 6.45) is 3.41. The van der Waals surface area contributed by atoms with Crippen LogP contribution in [0, 0.1) is 0 Å². The molecule has 0 bridgehead atoms. The summed E-state index contributed by atoms with van der Waals surface area (Å²) in [5.41, 5.74) is 0. The summed E-state index contributed by atoms with van der Waals surface area (Å²) < 4.78 is 5.66. The SMILES string of the molecule is O=C(COc1ccc2ccccc2c1)NC1CCCCC1N1C(=O)CSC1=O. The average Bonchev–Trinajstić information content (AvgIpc) is 3.05. The van der Waals surface area contributed by atoms with E-state index in [0.29, 0.717) is 5.75 Å². The highest BCUT2D eigenvalue weighted by Gasteiger charge is 2.41. The molecule has 4 rings (SSSR count). The molecule has 3 amide bonds. The van der Waals surface area contributed by atoms with Gasteiger partial charge in [-0.1, -0.05) is 54.9 Å². The summed E-state index contributed by atoms with van der Waals surface area (Å²) in [5.74, 6) is 0.432. The molecule has 0 aromatic heterocycles. The molecule has 2 aromatic carbocycles. The van der Waals surface area contributed by atoms with Crippen LogP contribution in [0.5, 0.6) is 5.75 Å². The molecule has 1 aliphatic heterocycles. The van der Waals surface area contributed by atoms with Crippen molar-refractivity contribution in [1.82, 2.24) is 10.2 Å². The van der Waals surface area contributed by atoms with Gasteiger partial charge in [0.1, 0.15) is 5.75 Å². The zero-order valence-electron chi connectivity index (χ0n) is 15.4. The molecule has 1 saturated heterocycles. The number of thioether (sulfide) groups is 1. The summed E-state index contributed by atoms with van der Waals surface area (Å²) in [4.78, 5) is 37.9. The van der Waals surface area contributed by atoms with E-state index in [4.69, 9.17) is 4.74 Å². The van der Waals surface area contributed by atoms with Gasteiger partial charge in [-0.25, -0.2) is 0 Å². The van der Waals surface area contributed by atoms with Crippen molar-refractivity contribution in [2.45, 2.75) is 37.8 Å². The topological polar surface area (TPSA) is 75.7 Å². The number of carbonyl (C=O) groups excluding carboxylic acids is 3. The van der Waals surface area contributed by atoms with Gasteiger partial charge in [-0.3, -0.25) is 19.3 Å². The average molecular weight is 398 g/mol. The lowest BCUT2D eigenvalue weighted by Crippen LogP contribution is -2.55. The van der Waals surface area contributed by atoms with Crippen molar-refractivity contribution in [3.05, 3.63) is 42.5 Å². The predicted octanol–water partition coefficient (Wildman–Crippen LogP) is 3.34.